The van der Waals surface area contributed by atoms with Crippen molar-refractivity contribution in [3.8, 4) is 0 Å². The molecule has 0 spiro atoms. The number of likely N-dealkylation sites (tertiary alicyclic amines) is 1. The molecule has 3 fully saturated rings. The van der Waals surface area contributed by atoms with Gasteiger partial charge in [-0.15, -0.1) is 0 Å². The zero-order valence-electron chi connectivity index (χ0n) is 17.2. The first-order valence-electron chi connectivity index (χ1n) is 10.8. The summed E-state index contributed by atoms with van der Waals surface area (Å²) in [7, 11) is 0. The van der Waals surface area contributed by atoms with Crippen LogP contribution >= 0.6 is 0 Å². The third kappa shape index (κ3) is 3.17. The molecule has 0 aromatic heterocycles. The second-order valence-electron chi connectivity index (χ2n) is 9.38. The lowest BCUT2D eigenvalue weighted by atomic mass is 9.69. The van der Waals surface area contributed by atoms with E-state index in [2.05, 4.69) is 5.32 Å². The van der Waals surface area contributed by atoms with Crippen LogP contribution in [0.3, 0.4) is 0 Å². The maximum Gasteiger partial charge on any atom is 0.270 e. The first-order valence-corrected chi connectivity index (χ1v) is 10.8. The molecule has 1 saturated carbocycles. The van der Waals surface area contributed by atoms with Crippen LogP contribution in [0.1, 0.15) is 53.6 Å². The summed E-state index contributed by atoms with van der Waals surface area (Å²) in [5.74, 6) is -4.62. The van der Waals surface area contributed by atoms with Crippen LogP contribution in [-0.2, 0) is 22.7 Å². The number of amides is 3. The van der Waals surface area contributed by atoms with Crippen molar-refractivity contribution in [2.45, 2.75) is 62.7 Å². The predicted molar refractivity (Wildman–Crippen MR) is 107 cm³/mol. The fraction of sp³-hybridized carbons (Fsp3) is 0.591. The molecule has 1 aromatic carbocycles. The van der Waals surface area contributed by atoms with Gasteiger partial charge in [0, 0.05) is 44.1 Å². The molecule has 3 atom stereocenters. The minimum Gasteiger partial charge on any atom is -0.322 e. The van der Waals surface area contributed by atoms with Gasteiger partial charge in [0.05, 0.1) is 5.54 Å². The number of carbonyl (C=O) groups is 3. The lowest BCUT2D eigenvalue weighted by Gasteiger charge is -2.53. The van der Waals surface area contributed by atoms with Gasteiger partial charge in [-0.25, -0.2) is 8.78 Å². The Bertz CT molecular complexity index is 968. The molecule has 1 aromatic rings. The monoisotopic (exact) mass is 432 g/mol. The average Bonchev–Trinajstić information content (AvgIpc) is 3.02. The van der Waals surface area contributed by atoms with Gasteiger partial charge in [-0.2, -0.15) is 0 Å². The third-order valence-corrected chi connectivity index (χ3v) is 7.41. The average molecular weight is 432 g/mol. The van der Waals surface area contributed by atoms with Crippen LogP contribution in [0.4, 0.5) is 8.78 Å². The van der Waals surface area contributed by atoms with Gasteiger partial charge in [0.15, 0.2) is 0 Å². The van der Waals surface area contributed by atoms with Crippen LogP contribution in [-0.4, -0.2) is 58.1 Å². The third-order valence-electron chi connectivity index (χ3n) is 7.41. The van der Waals surface area contributed by atoms with Crippen molar-refractivity contribution in [1.82, 2.24) is 15.1 Å². The summed E-state index contributed by atoms with van der Waals surface area (Å²) in [6, 6.07) is 4.76. The first kappa shape index (κ1) is 20.5. The van der Waals surface area contributed by atoms with Crippen molar-refractivity contribution in [3.05, 3.63) is 34.9 Å². The molecule has 31 heavy (non-hydrogen) atoms. The fourth-order valence-electron chi connectivity index (χ4n) is 5.74. The van der Waals surface area contributed by atoms with E-state index in [1.54, 1.807) is 12.1 Å². The quantitative estimate of drug-likeness (QED) is 0.704. The van der Waals surface area contributed by atoms with Crippen LogP contribution in [0.2, 0.25) is 0 Å². The summed E-state index contributed by atoms with van der Waals surface area (Å²) in [4.78, 5) is 40.2. The summed E-state index contributed by atoms with van der Waals surface area (Å²) in [6.45, 7) is 1.11. The van der Waals surface area contributed by atoms with E-state index < -0.39 is 29.3 Å². The van der Waals surface area contributed by atoms with Gasteiger partial charge in [0.1, 0.15) is 6.04 Å². The molecule has 3 unspecified atom stereocenters. The van der Waals surface area contributed by atoms with Crippen molar-refractivity contribution in [3.63, 3.8) is 0 Å². The minimum absolute atomic E-state index is 0.116. The molecule has 3 aliphatic heterocycles. The Hall–Kier alpha value is -2.39. The standard InChI is InChI=1S/C22H26F2N4O3/c23-22(24)14-4-2-8-21(22,25)12-27(10-14)9-13-3-1-5-15-16(13)11-28(20(15)31)17-6-7-18(29)26-19(17)30/h1,3,5,14,17H,2,4,6-12,25H2,(H,26,29,30). The number of halogens is 2. The van der Waals surface area contributed by atoms with Crippen molar-refractivity contribution in [1.29, 1.82) is 0 Å². The van der Waals surface area contributed by atoms with Crippen molar-refractivity contribution >= 4 is 17.7 Å². The zero-order valence-corrected chi connectivity index (χ0v) is 17.2. The molecule has 3 amide bonds. The van der Waals surface area contributed by atoms with E-state index in [0.29, 0.717) is 31.4 Å². The number of piperidine rings is 2. The molecule has 9 heteroatoms. The number of fused-ring (bicyclic) bond motifs is 3. The number of hydrogen-bond acceptors (Lipinski definition) is 5. The number of carbonyl (C=O) groups excluding carboxylic acids is 3. The van der Waals surface area contributed by atoms with Gasteiger partial charge in [0.2, 0.25) is 11.8 Å². The summed E-state index contributed by atoms with van der Waals surface area (Å²) in [5, 5.41) is 2.30. The molecule has 166 valence electrons. The van der Waals surface area contributed by atoms with E-state index in [-0.39, 0.29) is 37.9 Å². The minimum atomic E-state index is -2.86. The molecular weight excluding hydrogens is 406 g/mol. The number of imide groups is 1. The van der Waals surface area contributed by atoms with Crippen LogP contribution in [0.15, 0.2) is 18.2 Å². The molecular formula is C22H26F2N4O3. The highest BCUT2D eigenvalue weighted by Gasteiger charge is 2.61. The predicted octanol–water partition coefficient (Wildman–Crippen LogP) is 1.40. The van der Waals surface area contributed by atoms with Crippen molar-refractivity contribution in [2.75, 3.05) is 13.1 Å². The number of rotatable bonds is 3. The van der Waals surface area contributed by atoms with Crippen LogP contribution < -0.4 is 11.1 Å². The summed E-state index contributed by atoms with van der Waals surface area (Å²) >= 11 is 0. The highest BCUT2D eigenvalue weighted by Crippen LogP contribution is 2.48. The van der Waals surface area contributed by atoms with E-state index in [0.717, 1.165) is 17.5 Å². The number of benzene rings is 1. The number of alkyl halides is 2. The first-order chi connectivity index (χ1) is 14.7. The Morgan fingerprint density at radius 3 is 2.74 bits per heavy atom. The molecule has 4 aliphatic rings. The largest absolute Gasteiger partial charge is 0.322 e. The molecule has 0 radical (unpaired) electrons. The maximum absolute atomic E-state index is 14.7. The molecule has 3 heterocycles. The highest BCUT2D eigenvalue weighted by atomic mass is 19.3. The zero-order chi connectivity index (χ0) is 22.0. The number of nitrogens with two attached hydrogens (primary N) is 1. The topological polar surface area (TPSA) is 95.7 Å². The van der Waals surface area contributed by atoms with E-state index in [1.165, 1.54) is 4.90 Å². The SMILES string of the molecule is NC12CCCC(CN(Cc3cccc4c3CN(C3CCC(=O)NC3=O)C4=O)C1)C2(F)F. The summed E-state index contributed by atoms with van der Waals surface area (Å²) in [6.07, 6.45) is 2.00. The van der Waals surface area contributed by atoms with Gasteiger partial charge in [-0.3, -0.25) is 24.6 Å². The Kier molecular flexibility index (Phi) is 4.67. The van der Waals surface area contributed by atoms with Crippen LogP contribution in [0, 0.1) is 5.92 Å². The summed E-state index contributed by atoms with van der Waals surface area (Å²) in [5.41, 5.74) is 6.92. The van der Waals surface area contributed by atoms with Crippen LogP contribution in [0.25, 0.3) is 0 Å². The van der Waals surface area contributed by atoms with E-state index in [4.69, 9.17) is 5.73 Å². The fourth-order valence-corrected chi connectivity index (χ4v) is 5.74. The van der Waals surface area contributed by atoms with Crippen molar-refractivity contribution in [2.24, 2.45) is 11.7 Å². The second kappa shape index (κ2) is 7.06. The lowest BCUT2D eigenvalue weighted by molar-refractivity contribution is -0.185. The molecule has 2 bridgehead atoms. The number of nitrogens with one attached hydrogen (secondary N) is 1. The van der Waals surface area contributed by atoms with Gasteiger partial charge >= 0.3 is 0 Å². The smallest absolute Gasteiger partial charge is 0.270 e. The highest BCUT2D eigenvalue weighted by molar-refractivity contribution is 6.05. The van der Waals surface area contributed by atoms with Crippen molar-refractivity contribution < 1.29 is 23.2 Å². The molecule has 2 saturated heterocycles. The molecule has 1 aliphatic carbocycles. The van der Waals surface area contributed by atoms with Gasteiger partial charge in [0.25, 0.3) is 11.8 Å². The molecule has 7 nitrogen and oxygen atoms in total. The molecule has 3 N–H and O–H groups in total. The summed E-state index contributed by atoms with van der Waals surface area (Å²) < 4.78 is 29.5. The Morgan fingerprint density at radius 2 is 2.00 bits per heavy atom. The van der Waals surface area contributed by atoms with Gasteiger partial charge in [-0.05, 0) is 36.5 Å². The second-order valence-corrected chi connectivity index (χ2v) is 9.38. The van der Waals surface area contributed by atoms with E-state index in [9.17, 15) is 23.2 Å². The normalized spacial score (nSPS) is 32.7. The maximum atomic E-state index is 14.7. The van der Waals surface area contributed by atoms with Crippen LogP contribution in [0.5, 0.6) is 0 Å². The lowest BCUT2D eigenvalue weighted by Crippen LogP contribution is -2.71. The Balaban J connectivity index is 1.37. The molecule has 5 rings (SSSR count). The van der Waals surface area contributed by atoms with E-state index in [1.807, 2.05) is 11.0 Å². The van der Waals surface area contributed by atoms with Gasteiger partial charge in [-0.1, -0.05) is 18.6 Å². The van der Waals surface area contributed by atoms with E-state index >= 15 is 0 Å². The number of nitrogens with zero attached hydrogens (tertiary/aromatic N) is 2. The Morgan fingerprint density at radius 1 is 1.19 bits per heavy atom. The number of hydrogen-bond donors (Lipinski definition) is 2. The Labute approximate surface area is 178 Å². The van der Waals surface area contributed by atoms with Gasteiger partial charge < -0.3 is 10.6 Å².